The van der Waals surface area contributed by atoms with Crippen LogP contribution >= 0.6 is 21.6 Å². The number of benzene rings is 3. The number of nitriles is 1. The highest BCUT2D eigenvalue weighted by Crippen LogP contribution is 2.41. The molecule has 18 nitrogen and oxygen atoms in total. The number of nitrogens with zero attached hydrogens (tertiary/aromatic N) is 4. The molecule has 1 aliphatic heterocycles. The number of ether oxygens (including phenoxy) is 2. The first kappa shape index (κ1) is 53.1. The van der Waals surface area contributed by atoms with Gasteiger partial charge in [-0.1, -0.05) is 77.2 Å². The minimum Gasteiger partial charge on any atom is -0.492 e. The number of carbonyl (C=O) groups excluding carboxylic acids is 5. The second-order valence-electron chi connectivity index (χ2n) is 17.2. The number of hydrogen-bond acceptors (Lipinski definition) is 15. The molecule has 0 spiro atoms. The molecule has 0 radical (unpaired) electrons. The van der Waals surface area contributed by atoms with Gasteiger partial charge in [0.2, 0.25) is 23.6 Å². The fraction of sp³-hybridized carbons (Fsp3) is 0.440. The van der Waals surface area contributed by atoms with E-state index < -0.39 is 53.7 Å². The molecule has 0 unspecified atom stereocenters. The molecule has 6 rings (SSSR count). The Kier molecular flexibility index (Phi) is 19.8. The van der Waals surface area contributed by atoms with Crippen LogP contribution in [0.3, 0.4) is 0 Å². The van der Waals surface area contributed by atoms with Crippen molar-refractivity contribution in [2.75, 3.05) is 46.4 Å². The molecular weight excluding hydrogens is 931 g/mol. The van der Waals surface area contributed by atoms with Crippen molar-refractivity contribution in [3.05, 3.63) is 94.8 Å². The molecule has 70 heavy (non-hydrogen) atoms. The number of fused-ring (bicyclic) bond motifs is 5. The Labute approximate surface area is 416 Å². The smallest absolute Gasteiger partial charge is 0.255 e. The van der Waals surface area contributed by atoms with Crippen LogP contribution in [0.25, 0.3) is 22.5 Å². The van der Waals surface area contributed by atoms with Crippen molar-refractivity contribution in [3.8, 4) is 40.1 Å². The highest BCUT2D eigenvalue weighted by atomic mass is 33.1. The van der Waals surface area contributed by atoms with Gasteiger partial charge >= 0.3 is 0 Å². The number of aromatic nitrogens is 2. The monoisotopic (exact) mass is 993 g/mol. The van der Waals surface area contributed by atoms with Gasteiger partial charge in [0.25, 0.3) is 5.91 Å². The molecule has 1 aliphatic carbocycles. The van der Waals surface area contributed by atoms with Gasteiger partial charge in [-0.2, -0.15) is 5.26 Å². The van der Waals surface area contributed by atoms with Crippen LogP contribution in [0, 0.1) is 18.3 Å². The van der Waals surface area contributed by atoms with Crippen LogP contribution < -0.4 is 47.9 Å². The zero-order chi connectivity index (χ0) is 50.2. The maximum Gasteiger partial charge on any atom is 0.255 e. The van der Waals surface area contributed by atoms with Crippen molar-refractivity contribution in [1.29, 1.82) is 5.26 Å². The zero-order valence-corrected chi connectivity index (χ0v) is 41.5. The van der Waals surface area contributed by atoms with E-state index in [2.05, 4.69) is 43.4 Å². The molecule has 1 fully saturated rings. The molecule has 3 aromatic carbocycles. The fourth-order valence-electron chi connectivity index (χ4n) is 8.30. The van der Waals surface area contributed by atoms with Crippen LogP contribution in [0.15, 0.2) is 66.9 Å². The molecule has 0 saturated heterocycles. The number of aryl methyl sites for hydroxylation is 1. The van der Waals surface area contributed by atoms with Crippen LogP contribution in [0.1, 0.15) is 84.2 Å². The molecular formula is C50H63N11O7S2. The summed E-state index contributed by atoms with van der Waals surface area (Å²) in [6.45, 7) is 3.51. The molecule has 5 amide bonds. The number of amides is 5. The van der Waals surface area contributed by atoms with E-state index in [-0.39, 0.29) is 57.8 Å². The van der Waals surface area contributed by atoms with E-state index in [1.165, 1.54) is 62.7 Å². The van der Waals surface area contributed by atoms with Gasteiger partial charge < -0.3 is 52.8 Å². The zero-order valence-electron chi connectivity index (χ0n) is 39.8. The molecule has 372 valence electrons. The molecule has 4 aromatic rings. The topological polar surface area (TPSA) is 283 Å². The van der Waals surface area contributed by atoms with Crippen molar-refractivity contribution in [2.45, 2.75) is 94.0 Å². The standard InChI is InChI=1S/C50H63N11O7S2/c1-30-39(28-56-45(57-30)34-12-9-32(10-13-34)29-69-70-36-7-5-4-6-8-36)47(63)59-40(17-18-51)50(66)61(3)44-35-14-16-43(68-24-21-54)38(27-35)37-25-33(11-15-42(37)67-23-20-53)26-41(48(64)55-22-19-52)60-46(62)31(2)58-49(44)65/h9-16,25,27-28,31,36,40-41,44H,4-8,17-18,20-24,26,29,51,53-54H2,1-3H3,(H,55,64)(H,58,65)(H,59,63)(H,60,62)/t31-,40-,41-,44-/m0/s1. The average molecular weight is 994 g/mol. The van der Waals surface area contributed by atoms with Crippen LogP contribution in [-0.2, 0) is 31.4 Å². The quantitative estimate of drug-likeness (QED) is 0.0519. The molecule has 2 heterocycles. The van der Waals surface area contributed by atoms with Crippen LogP contribution in [0.5, 0.6) is 11.5 Å². The normalized spacial score (nSPS) is 17.7. The van der Waals surface area contributed by atoms with Gasteiger partial charge in [-0.05, 0) is 80.6 Å². The van der Waals surface area contributed by atoms with Gasteiger partial charge in [0, 0.05) is 60.4 Å². The van der Waals surface area contributed by atoms with Gasteiger partial charge in [-0.25, -0.2) is 9.97 Å². The SMILES string of the molecule is Cc1nc(-c2ccc(CSSC3CCCCC3)cc2)ncc1C(=O)N[C@@H](CCN)C(=O)N(C)[C@@H]1C(=O)N[C@@H](C)C(=O)N[C@H](C(=O)NCC#N)Cc2ccc(OCCN)c(c2)-c2cc1ccc2OCCN. The summed E-state index contributed by atoms with van der Waals surface area (Å²) in [6, 6.07) is 15.1. The molecule has 1 aromatic heterocycles. The Bertz CT molecular complexity index is 2520. The van der Waals surface area contributed by atoms with Gasteiger partial charge in [-0.15, -0.1) is 0 Å². The predicted molar refractivity (Wildman–Crippen MR) is 271 cm³/mol. The summed E-state index contributed by atoms with van der Waals surface area (Å²) in [7, 11) is 5.29. The summed E-state index contributed by atoms with van der Waals surface area (Å²) in [5.74, 6) is -1.22. The van der Waals surface area contributed by atoms with Crippen LogP contribution in [0.2, 0.25) is 0 Å². The van der Waals surface area contributed by atoms with Gasteiger partial charge in [0.15, 0.2) is 5.82 Å². The van der Waals surface area contributed by atoms with E-state index in [0.29, 0.717) is 45.3 Å². The lowest BCUT2D eigenvalue weighted by Gasteiger charge is -2.32. The molecule has 4 atom stereocenters. The first-order valence-electron chi connectivity index (χ1n) is 23.5. The van der Waals surface area contributed by atoms with Crippen molar-refractivity contribution in [1.82, 2.24) is 36.1 Å². The Balaban J connectivity index is 1.29. The summed E-state index contributed by atoms with van der Waals surface area (Å²) in [5, 5.41) is 20.7. The third kappa shape index (κ3) is 14.0. The summed E-state index contributed by atoms with van der Waals surface area (Å²) in [6.07, 6.45) is 7.97. The number of nitrogens with two attached hydrogens (primary N) is 3. The molecule has 10 N–H and O–H groups in total. The first-order valence-corrected chi connectivity index (χ1v) is 25.9. The summed E-state index contributed by atoms with van der Waals surface area (Å²) in [5.41, 5.74) is 22.1. The predicted octanol–water partition coefficient (Wildman–Crippen LogP) is 3.84. The lowest BCUT2D eigenvalue weighted by molar-refractivity contribution is -0.141. The second kappa shape index (κ2) is 26.1. The molecule has 1 saturated carbocycles. The van der Waals surface area contributed by atoms with E-state index >= 15 is 0 Å². The fourth-order valence-corrected chi connectivity index (χ4v) is 11.2. The van der Waals surface area contributed by atoms with Gasteiger partial charge in [0.05, 0.1) is 17.3 Å². The summed E-state index contributed by atoms with van der Waals surface area (Å²) < 4.78 is 12.2. The Morgan fingerprint density at radius 2 is 1.60 bits per heavy atom. The summed E-state index contributed by atoms with van der Waals surface area (Å²) in [4.78, 5) is 80.8. The number of nitrogens with one attached hydrogen (secondary N) is 4. The third-order valence-electron chi connectivity index (χ3n) is 12.0. The molecule has 2 aliphatic rings. The Hall–Kier alpha value is -6.24. The minimum atomic E-state index is -1.40. The number of rotatable bonds is 19. The average Bonchev–Trinajstić information content (AvgIpc) is 3.36. The highest BCUT2D eigenvalue weighted by Gasteiger charge is 2.36. The second-order valence-corrected chi connectivity index (χ2v) is 19.9. The van der Waals surface area contributed by atoms with Gasteiger partial charge in [-0.3, -0.25) is 24.0 Å². The minimum absolute atomic E-state index is 0.00312. The maximum atomic E-state index is 14.7. The van der Waals surface area contributed by atoms with E-state index in [1.54, 1.807) is 43.3 Å². The largest absolute Gasteiger partial charge is 0.492 e. The Morgan fingerprint density at radius 3 is 2.26 bits per heavy atom. The lowest BCUT2D eigenvalue weighted by Crippen LogP contribution is -2.56. The van der Waals surface area contributed by atoms with Crippen molar-refractivity contribution < 1.29 is 33.4 Å². The third-order valence-corrected chi connectivity index (χ3v) is 14.9. The van der Waals surface area contributed by atoms with Crippen molar-refractivity contribution in [3.63, 3.8) is 0 Å². The van der Waals surface area contributed by atoms with E-state index in [1.807, 2.05) is 39.8 Å². The van der Waals surface area contributed by atoms with Crippen LogP contribution in [0.4, 0.5) is 0 Å². The Morgan fingerprint density at radius 1 is 0.914 bits per heavy atom. The van der Waals surface area contributed by atoms with Crippen LogP contribution in [-0.4, -0.2) is 114 Å². The van der Waals surface area contributed by atoms with Crippen molar-refractivity contribution in [2.24, 2.45) is 17.2 Å². The number of carbonyl (C=O) groups is 5. The molecule has 20 heteroatoms. The highest BCUT2D eigenvalue weighted by molar-refractivity contribution is 8.76. The summed E-state index contributed by atoms with van der Waals surface area (Å²) >= 11 is 0. The number of likely N-dealkylation sites (N-methyl/N-ethyl adjacent to an activating group) is 1. The van der Waals surface area contributed by atoms with E-state index in [0.717, 1.165) is 16.6 Å². The first-order chi connectivity index (χ1) is 33.8. The van der Waals surface area contributed by atoms with E-state index in [4.69, 9.17) is 26.7 Å². The van der Waals surface area contributed by atoms with Crippen molar-refractivity contribution >= 4 is 51.1 Å². The molecule has 4 bridgehead atoms. The maximum absolute atomic E-state index is 14.7. The van der Waals surface area contributed by atoms with E-state index in [9.17, 15) is 29.2 Å². The number of hydrogen-bond donors (Lipinski definition) is 7. The van der Waals surface area contributed by atoms with Gasteiger partial charge in [0.1, 0.15) is 55.4 Å². The lowest BCUT2D eigenvalue weighted by atomic mass is 9.93.